The summed E-state index contributed by atoms with van der Waals surface area (Å²) in [4.78, 5) is 3.19. The highest BCUT2D eigenvalue weighted by atomic mass is 16.6. The third kappa shape index (κ3) is 1.48. The lowest BCUT2D eigenvalue weighted by Gasteiger charge is -1.89. The van der Waals surface area contributed by atoms with Crippen molar-refractivity contribution in [2.75, 3.05) is 0 Å². The Labute approximate surface area is 90.7 Å². The molecule has 0 saturated carbocycles. The van der Waals surface area contributed by atoms with Crippen molar-refractivity contribution in [1.29, 1.82) is 0 Å². The largest absolute Gasteiger partial charge is 0.361 e. The normalized spacial score (nSPS) is 11.5. The zero-order valence-electron chi connectivity index (χ0n) is 8.29. The van der Waals surface area contributed by atoms with E-state index in [0.717, 1.165) is 16.5 Å². The van der Waals surface area contributed by atoms with Crippen LogP contribution in [0.2, 0.25) is 0 Å². The summed E-state index contributed by atoms with van der Waals surface area (Å²) in [5.74, 6) is 0.463. The molecule has 2 aromatic heterocycles. The van der Waals surface area contributed by atoms with Gasteiger partial charge < -0.3 is 4.98 Å². The summed E-state index contributed by atoms with van der Waals surface area (Å²) in [5, 5.41) is 11.7. The van der Waals surface area contributed by atoms with Gasteiger partial charge in [0, 0.05) is 17.1 Å². The Kier molecular flexibility index (Phi) is 2.00. The van der Waals surface area contributed by atoms with Crippen molar-refractivity contribution in [3.63, 3.8) is 0 Å². The average molecular weight is 212 g/mol. The Hall–Kier alpha value is -2.43. The molecule has 0 bridgehead atoms. The second-order valence-corrected chi connectivity index (χ2v) is 3.34. The zero-order chi connectivity index (χ0) is 10.8. The molecule has 0 aliphatic heterocycles. The lowest BCUT2D eigenvalue weighted by molar-refractivity contribution is 0.292. The van der Waals surface area contributed by atoms with E-state index in [-0.39, 0.29) is 0 Å². The molecule has 3 aromatic rings. The molecule has 0 unspecified atom stereocenters. The van der Waals surface area contributed by atoms with Crippen LogP contribution in [0.3, 0.4) is 0 Å². The van der Waals surface area contributed by atoms with Gasteiger partial charge in [0.05, 0.1) is 5.27 Å². The molecule has 5 nitrogen and oxygen atoms in total. The Balaban J connectivity index is 2.01. The predicted molar refractivity (Wildman–Crippen MR) is 59.3 cm³/mol. The Morgan fingerprint density at radius 1 is 1.19 bits per heavy atom. The molecule has 0 saturated heterocycles. The molecule has 1 N–H and O–H groups in total. The maximum absolute atomic E-state index is 4.40. The van der Waals surface area contributed by atoms with E-state index in [2.05, 4.69) is 31.2 Å². The first-order chi connectivity index (χ1) is 7.93. The Bertz CT molecular complexity index is 624. The second-order valence-electron chi connectivity index (χ2n) is 3.34. The summed E-state index contributed by atoms with van der Waals surface area (Å²) in [7, 11) is 0. The van der Waals surface area contributed by atoms with Gasteiger partial charge in [-0.2, -0.15) is 0 Å². The van der Waals surface area contributed by atoms with Gasteiger partial charge in [0.2, 0.25) is 5.82 Å². The van der Waals surface area contributed by atoms with Gasteiger partial charge in [-0.3, -0.25) is 0 Å². The van der Waals surface area contributed by atoms with Crippen LogP contribution in [-0.2, 0) is 0 Å². The number of rotatable bonds is 2. The number of benzene rings is 1. The summed E-state index contributed by atoms with van der Waals surface area (Å²) >= 11 is 0. The number of fused-ring (bicyclic) bond motifs is 1. The Morgan fingerprint density at radius 3 is 3.00 bits per heavy atom. The SMILES string of the molecule is C(=C\c1c[nH]c2ccccc12)/c1nnon1. The highest BCUT2D eigenvalue weighted by Crippen LogP contribution is 2.19. The third-order valence-corrected chi connectivity index (χ3v) is 2.35. The van der Waals surface area contributed by atoms with E-state index in [9.17, 15) is 0 Å². The number of nitrogens with one attached hydrogen (secondary N) is 1. The summed E-state index contributed by atoms with van der Waals surface area (Å²) < 4.78 is 4.40. The van der Waals surface area contributed by atoms with Crippen molar-refractivity contribution in [2.45, 2.75) is 0 Å². The maximum atomic E-state index is 4.40. The van der Waals surface area contributed by atoms with Gasteiger partial charge in [-0.15, -0.1) is 0 Å². The number of H-pyrrole nitrogens is 1. The molecule has 0 fully saturated rings. The highest BCUT2D eigenvalue weighted by Gasteiger charge is 1.99. The van der Waals surface area contributed by atoms with E-state index in [1.165, 1.54) is 0 Å². The monoisotopic (exact) mass is 212 g/mol. The first kappa shape index (κ1) is 8.84. The van der Waals surface area contributed by atoms with Crippen LogP contribution in [0.5, 0.6) is 0 Å². The first-order valence-corrected chi connectivity index (χ1v) is 4.83. The molecule has 5 heteroatoms. The highest BCUT2D eigenvalue weighted by molar-refractivity contribution is 5.90. The van der Waals surface area contributed by atoms with Gasteiger partial charge in [-0.25, -0.2) is 4.63 Å². The number of para-hydroxylation sites is 1. The van der Waals surface area contributed by atoms with Gasteiger partial charge >= 0.3 is 0 Å². The molecule has 3 rings (SSSR count). The summed E-state index contributed by atoms with van der Waals surface area (Å²) in [6, 6.07) is 8.08. The van der Waals surface area contributed by atoms with Crippen molar-refractivity contribution in [3.8, 4) is 0 Å². The predicted octanol–water partition coefficient (Wildman–Crippen LogP) is 2.12. The van der Waals surface area contributed by atoms with Gasteiger partial charge in [0.1, 0.15) is 0 Å². The van der Waals surface area contributed by atoms with Crippen LogP contribution in [0, 0.1) is 0 Å². The van der Waals surface area contributed by atoms with Crippen molar-refractivity contribution in [1.82, 2.24) is 20.5 Å². The van der Waals surface area contributed by atoms with E-state index in [1.807, 2.05) is 30.5 Å². The third-order valence-electron chi connectivity index (χ3n) is 2.35. The second kappa shape index (κ2) is 3.62. The fourth-order valence-electron chi connectivity index (χ4n) is 1.60. The zero-order valence-corrected chi connectivity index (χ0v) is 8.29. The summed E-state index contributed by atoms with van der Waals surface area (Å²) in [6.07, 6.45) is 5.62. The minimum atomic E-state index is 0.463. The van der Waals surface area contributed by atoms with E-state index in [0.29, 0.717) is 5.82 Å². The van der Waals surface area contributed by atoms with Gasteiger partial charge in [-0.05, 0) is 28.9 Å². The summed E-state index contributed by atoms with van der Waals surface area (Å²) in [5.41, 5.74) is 2.19. The van der Waals surface area contributed by atoms with Crippen LogP contribution in [0.4, 0.5) is 0 Å². The molecule has 0 aliphatic carbocycles. The molecule has 16 heavy (non-hydrogen) atoms. The Morgan fingerprint density at radius 2 is 2.12 bits per heavy atom. The molecule has 0 spiro atoms. The quantitative estimate of drug-likeness (QED) is 0.706. The van der Waals surface area contributed by atoms with E-state index < -0.39 is 0 Å². The van der Waals surface area contributed by atoms with Crippen LogP contribution >= 0.6 is 0 Å². The number of hydrogen-bond acceptors (Lipinski definition) is 4. The lowest BCUT2D eigenvalue weighted by atomic mass is 10.1. The van der Waals surface area contributed by atoms with Crippen molar-refractivity contribution in [2.24, 2.45) is 0 Å². The van der Waals surface area contributed by atoms with Gasteiger partial charge in [0.15, 0.2) is 0 Å². The van der Waals surface area contributed by atoms with Crippen LogP contribution < -0.4 is 0 Å². The number of nitrogens with zero attached hydrogens (tertiary/aromatic N) is 3. The van der Waals surface area contributed by atoms with Crippen LogP contribution in [-0.4, -0.2) is 20.5 Å². The molecule has 2 heterocycles. The fraction of sp³-hybridized carbons (Fsp3) is 0. The fourth-order valence-corrected chi connectivity index (χ4v) is 1.60. The standard InChI is InChI=1S/C11H8N4O/c1-2-4-10-9(3-1)8(7-12-10)5-6-11-13-15-16-14-11/h1-7,12H/b6-5+. The van der Waals surface area contributed by atoms with Crippen molar-refractivity contribution >= 4 is 23.1 Å². The number of aromatic amines is 1. The van der Waals surface area contributed by atoms with Crippen molar-refractivity contribution < 1.29 is 4.63 Å². The van der Waals surface area contributed by atoms with E-state index in [1.54, 1.807) is 6.08 Å². The minimum absolute atomic E-state index is 0.463. The van der Waals surface area contributed by atoms with Gasteiger partial charge in [0.25, 0.3) is 0 Å². The average Bonchev–Trinajstić information content (AvgIpc) is 2.96. The van der Waals surface area contributed by atoms with E-state index >= 15 is 0 Å². The number of hydrogen-bond donors (Lipinski definition) is 1. The van der Waals surface area contributed by atoms with E-state index in [4.69, 9.17) is 0 Å². The lowest BCUT2D eigenvalue weighted by Crippen LogP contribution is -1.74. The summed E-state index contributed by atoms with van der Waals surface area (Å²) in [6.45, 7) is 0. The molecule has 78 valence electrons. The molecule has 0 radical (unpaired) electrons. The van der Waals surface area contributed by atoms with Gasteiger partial charge in [-0.1, -0.05) is 23.3 Å². The minimum Gasteiger partial charge on any atom is -0.361 e. The van der Waals surface area contributed by atoms with Crippen LogP contribution in [0.15, 0.2) is 35.1 Å². The van der Waals surface area contributed by atoms with Crippen LogP contribution in [0.1, 0.15) is 11.4 Å². The smallest absolute Gasteiger partial charge is 0.219 e. The topological polar surface area (TPSA) is 67.6 Å². The molecular formula is C11H8N4O. The van der Waals surface area contributed by atoms with Crippen molar-refractivity contribution in [3.05, 3.63) is 41.9 Å². The first-order valence-electron chi connectivity index (χ1n) is 4.83. The maximum Gasteiger partial charge on any atom is 0.219 e. The molecular weight excluding hydrogens is 204 g/mol. The number of aromatic nitrogens is 4. The molecule has 0 amide bonds. The molecule has 1 aromatic carbocycles. The molecule has 0 atom stereocenters. The molecule has 0 aliphatic rings. The van der Waals surface area contributed by atoms with Crippen LogP contribution in [0.25, 0.3) is 23.1 Å².